The van der Waals surface area contributed by atoms with Gasteiger partial charge < -0.3 is 19.8 Å². The average molecular weight is 433 g/mol. The number of halogens is 2. The molecule has 0 atom stereocenters. The molecule has 148 valence electrons. The molecule has 29 heavy (non-hydrogen) atoms. The molecule has 1 aromatic heterocycles. The molecule has 3 aromatic rings. The molecular weight excluding hydrogens is 419 g/mol. The Morgan fingerprint density at radius 2 is 1.69 bits per heavy atom. The van der Waals surface area contributed by atoms with Gasteiger partial charge in [-0.15, -0.1) is 0 Å². The summed E-state index contributed by atoms with van der Waals surface area (Å²) in [5.41, 5.74) is 0.652. The van der Waals surface area contributed by atoms with Crippen LogP contribution in [-0.2, 0) is 4.74 Å². The van der Waals surface area contributed by atoms with Crippen molar-refractivity contribution in [3.8, 4) is 0 Å². The fourth-order valence-electron chi connectivity index (χ4n) is 2.46. The number of furan rings is 1. The lowest BCUT2D eigenvalue weighted by Crippen LogP contribution is -2.17. The molecule has 2 amide bonds. The second-order valence-corrected chi connectivity index (χ2v) is 6.61. The second kappa shape index (κ2) is 8.81. The van der Waals surface area contributed by atoms with Crippen molar-refractivity contribution in [3.63, 3.8) is 0 Å². The Labute approximate surface area is 175 Å². The van der Waals surface area contributed by atoms with Crippen LogP contribution in [0.5, 0.6) is 0 Å². The van der Waals surface area contributed by atoms with Gasteiger partial charge in [-0.05, 0) is 48.5 Å². The van der Waals surface area contributed by atoms with E-state index in [9.17, 15) is 14.4 Å². The van der Waals surface area contributed by atoms with Gasteiger partial charge in [-0.3, -0.25) is 9.59 Å². The first kappa shape index (κ1) is 20.4. The van der Waals surface area contributed by atoms with Gasteiger partial charge in [0.1, 0.15) is 0 Å². The average Bonchev–Trinajstić information content (AvgIpc) is 3.25. The van der Waals surface area contributed by atoms with Crippen molar-refractivity contribution < 1.29 is 23.5 Å². The smallest absolute Gasteiger partial charge is 0.339 e. The minimum atomic E-state index is -0.676. The monoisotopic (exact) mass is 432 g/mol. The topological polar surface area (TPSA) is 97.6 Å². The highest BCUT2D eigenvalue weighted by atomic mass is 35.5. The Bertz CT molecular complexity index is 1080. The minimum Gasteiger partial charge on any atom is -0.465 e. The van der Waals surface area contributed by atoms with Gasteiger partial charge in [-0.25, -0.2) is 4.79 Å². The zero-order valence-electron chi connectivity index (χ0n) is 15.0. The van der Waals surface area contributed by atoms with Crippen LogP contribution < -0.4 is 10.6 Å². The SMILES string of the molecule is COC(=O)c1ccc(C(=O)Nc2cc(Cl)ccc2Cl)cc1NC(=O)c1ccco1. The van der Waals surface area contributed by atoms with E-state index in [1.54, 1.807) is 18.2 Å². The maximum Gasteiger partial charge on any atom is 0.339 e. The minimum absolute atomic E-state index is 0.0429. The van der Waals surface area contributed by atoms with E-state index in [4.69, 9.17) is 32.4 Å². The maximum atomic E-state index is 12.6. The molecular formula is C20H14Cl2N2O5. The van der Waals surface area contributed by atoms with Gasteiger partial charge in [0.15, 0.2) is 5.76 Å². The van der Waals surface area contributed by atoms with Gasteiger partial charge in [0.2, 0.25) is 0 Å². The molecule has 1 heterocycles. The molecule has 0 saturated heterocycles. The van der Waals surface area contributed by atoms with Crippen molar-refractivity contribution in [1.82, 2.24) is 0 Å². The van der Waals surface area contributed by atoms with E-state index in [1.807, 2.05) is 0 Å². The number of rotatable bonds is 5. The Balaban J connectivity index is 1.91. The molecule has 9 heteroatoms. The van der Waals surface area contributed by atoms with E-state index >= 15 is 0 Å². The first-order chi connectivity index (χ1) is 13.9. The van der Waals surface area contributed by atoms with Crippen LogP contribution in [0, 0.1) is 0 Å². The van der Waals surface area contributed by atoms with E-state index in [-0.39, 0.29) is 22.6 Å². The maximum absolute atomic E-state index is 12.6. The van der Waals surface area contributed by atoms with Gasteiger partial charge in [0, 0.05) is 10.6 Å². The number of nitrogens with one attached hydrogen (secondary N) is 2. The fraction of sp³-hybridized carbons (Fsp3) is 0.0500. The van der Waals surface area contributed by atoms with Crippen molar-refractivity contribution >= 4 is 52.4 Å². The van der Waals surface area contributed by atoms with E-state index in [2.05, 4.69) is 10.6 Å². The molecule has 0 aliphatic heterocycles. The Kier molecular flexibility index (Phi) is 6.21. The second-order valence-electron chi connectivity index (χ2n) is 5.76. The zero-order valence-corrected chi connectivity index (χ0v) is 16.5. The number of ether oxygens (including phenoxy) is 1. The van der Waals surface area contributed by atoms with Crippen molar-refractivity contribution in [2.24, 2.45) is 0 Å². The highest BCUT2D eigenvalue weighted by molar-refractivity contribution is 6.36. The molecule has 3 rings (SSSR count). The van der Waals surface area contributed by atoms with Crippen LogP contribution in [-0.4, -0.2) is 24.9 Å². The van der Waals surface area contributed by atoms with Gasteiger partial charge in [0.25, 0.3) is 11.8 Å². The number of esters is 1. The quantitative estimate of drug-likeness (QED) is 0.559. The molecule has 0 aliphatic carbocycles. The molecule has 0 aliphatic rings. The summed E-state index contributed by atoms with van der Waals surface area (Å²) in [6.07, 6.45) is 1.34. The summed E-state index contributed by atoms with van der Waals surface area (Å²) >= 11 is 12.0. The van der Waals surface area contributed by atoms with Crippen molar-refractivity contribution in [1.29, 1.82) is 0 Å². The van der Waals surface area contributed by atoms with Crippen LogP contribution >= 0.6 is 23.2 Å². The Morgan fingerprint density at radius 3 is 2.38 bits per heavy atom. The van der Waals surface area contributed by atoms with Crippen LogP contribution in [0.2, 0.25) is 10.0 Å². The number of amides is 2. The first-order valence-corrected chi connectivity index (χ1v) is 8.98. The number of carbonyl (C=O) groups is 3. The number of hydrogen-bond donors (Lipinski definition) is 2. The molecule has 0 saturated carbocycles. The van der Waals surface area contributed by atoms with Gasteiger partial charge >= 0.3 is 5.97 Å². The van der Waals surface area contributed by atoms with Crippen LogP contribution in [0.4, 0.5) is 11.4 Å². The molecule has 0 unspecified atom stereocenters. The summed E-state index contributed by atoms with van der Waals surface area (Å²) in [6, 6.07) is 11.8. The summed E-state index contributed by atoms with van der Waals surface area (Å²) in [5.74, 6) is -1.74. The number of hydrogen-bond acceptors (Lipinski definition) is 5. The third-order valence-electron chi connectivity index (χ3n) is 3.86. The summed E-state index contributed by atoms with van der Waals surface area (Å²) in [4.78, 5) is 37.0. The van der Waals surface area contributed by atoms with E-state index in [0.29, 0.717) is 15.7 Å². The summed E-state index contributed by atoms with van der Waals surface area (Å²) < 4.78 is 9.77. The predicted octanol–water partition coefficient (Wildman–Crippen LogP) is 4.88. The highest BCUT2D eigenvalue weighted by Gasteiger charge is 2.19. The predicted molar refractivity (Wildman–Crippen MR) is 109 cm³/mol. The van der Waals surface area contributed by atoms with Crippen molar-refractivity contribution in [3.05, 3.63) is 81.7 Å². The normalized spacial score (nSPS) is 10.3. The molecule has 0 fully saturated rings. The first-order valence-electron chi connectivity index (χ1n) is 8.22. The zero-order chi connectivity index (χ0) is 21.0. The lowest BCUT2D eigenvalue weighted by Gasteiger charge is -2.12. The highest BCUT2D eigenvalue weighted by Crippen LogP contribution is 2.27. The third kappa shape index (κ3) is 4.77. The van der Waals surface area contributed by atoms with Gasteiger partial charge in [-0.2, -0.15) is 0 Å². The van der Waals surface area contributed by atoms with Crippen LogP contribution in [0.3, 0.4) is 0 Å². The third-order valence-corrected chi connectivity index (χ3v) is 4.42. The van der Waals surface area contributed by atoms with E-state index in [0.717, 1.165) is 0 Å². The van der Waals surface area contributed by atoms with Crippen LogP contribution in [0.25, 0.3) is 0 Å². The lowest BCUT2D eigenvalue weighted by molar-refractivity contribution is 0.0601. The van der Waals surface area contributed by atoms with Crippen molar-refractivity contribution in [2.45, 2.75) is 0 Å². The summed E-state index contributed by atoms with van der Waals surface area (Å²) in [5, 5.41) is 5.89. The molecule has 7 nitrogen and oxygen atoms in total. The standard InChI is InChI=1S/C20H14Cl2N2O5/c1-28-20(27)13-6-4-11(9-15(13)23-19(26)17-3-2-8-29-17)18(25)24-16-10-12(21)5-7-14(16)22/h2-10H,1H3,(H,23,26)(H,24,25). The Hall–Kier alpha value is -3.29. The summed E-state index contributed by atoms with van der Waals surface area (Å²) in [7, 11) is 1.21. The lowest BCUT2D eigenvalue weighted by atomic mass is 10.1. The largest absolute Gasteiger partial charge is 0.465 e. The Morgan fingerprint density at radius 1 is 0.931 bits per heavy atom. The number of benzene rings is 2. The molecule has 2 aromatic carbocycles. The molecule has 0 spiro atoms. The molecule has 2 N–H and O–H groups in total. The van der Waals surface area contributed by atoms with Crippen LogP contribution in [0.1, 0.15) is 31.3 Å². The van der Waals surface area contributed by atoms with Crippen LogP contribution in [0.15, 0.2) is 59.2 Å². The molecule has 0 radical (unpaired) electrons. The fourth-order valence-corrected chi connectivity index (χ4v) is 2.79. The molecule has 0 bridgehead atoms. The number of anilines is 2. The number of carbonyl (C=O) groups excluding carboxylic acids is 3. The van der Waals surface area contributed by atoms with Gasteiger partial charge in [0.05, 0.1) is 35.3 Å². The van der Waals surface area contributed by atoms with E-state index < -0.39 is 17.8 Å². The van der Waals surface area contributed by atoms with E-state index in [1.165, 1.54) is 43.7 Å². The van der Waals surface area contributed by atoms with Crippen molar-refractivity contribution in [2.75, 3.05) is 17.7 Å². The number of methoxy groups -OCH3 is 1. The van der Waals surface area contributed by atoms with Gasteiger partial charge in [-0.1, -0.05) is 23.2 Å². The summed E-state index contributed by atoms with van der Waals surface area (Å²) in [6.45, 7) is 0.